The molecule has 0 spiro atoms. The van der Waals surface area contributed by atoms with Crippen LogP contribution >= 0.6 is 12.4 Å². The highest BCUT2D eigenvalue weighted by Gasteiger charge is 2.26. The van der Waals surface area contributed by atoms with E-state index in [4.69, 9.17) is 10.5 Å². The van der Waals surface area contributed by atoms with Crippen molar-refractivity contribution >= 4 is 24.1 Å². The van der Waals surface area contributed by atoms with E-state index in [9.17, 15) is 9.59 Å². The van der Waals surface area contributed by atoms with E-state index in [1.54, 1.807) is 36.4 Å². The van der Waals surface area contributed by atoms with E-state index in [1.807, 2.05) is 32.0 Å². The van der Waals surface area contributed by atoms with Crippen LogP contribution in [0.15, 0.2) is 54.6 Å². The Bertz CT molecular complexity index is 721. The van der Waals surface area contributed by atoms with Gasteiger partial charge in [-0.3, -0.25) is 9.59 Å². The SMILES string of the molecule is CCC(CC)(CN)NC(=O)COc1ccc(C(=O)c2ccccc2)cc1.Cl. The van der Waals surface area contributed by atoms with Crippen LogP contribution in [0.5, 0.6) is 5.75 Å². The molecule has 0 saturated carbocycles. The number of nitrogens with one attached hydrogen (secondary N) is 1. The molecule has 2 rings (SSSR count). The first-order valence-corrected chi connectivity index (χ1v) is 8.87. The Labute approximate surface area is 166 Å². The van der Waals surface area contributed by atoms with E-state index < -0.39 is 0 Å². The Balaban J connectivity index is 0.00000364. The van der Waals surface area contributed by atoms with Crippen molar-refractivity contribution < 1.29 is 14.3 Å². The van der Waals surface area contributed by atoms with Crippen molar-refractivity contribution in [1.82, 2.24) is 5.32 Å². The van der Waals surface area contributed by atoms with Crippen molar-refractivity contribution in [3.63, 3.8) is 0 Å². The van der Waals surface area contributed by atoms with Gasteiger partial charge in [-0.1, -0.05) is 44.2 Å². The summed E-state index contributed by atoms with van der Waals surface area (Å²) in [5.41, 5.74) is 6.62. The molecule has 6 heteroatoms. The maximum atomic E-state index is 12.4. The molecule has 0 aliphatic rings. The predicted molar refractivity (Wildman–Crippen MR) is 110 cm³/mol. The summed E-state index contributed by atoms with van der Waals surface area (Å²) in [6.07, 6.45) is 1.53. The van der Waals surface area contributed by atoms with E-state index in [-0.39, 0.29) is 36.2 Å². The molecule has 2 aromatic carbocycles. The number of hydrogen-bond acceptors (Lipinski definition) is 4. The molecule has 0 fully saturated rings. The van der Waals surface area contributed by atoms with Gasteiger partial charge in [0.05, 0.1) is 5.54 Å². The highest BCUT2D eigenvalue weighted by atomic mass is 35.5. The zero-order chi connectivity index (χ0) is 19.0. The number of carbonyl (C=O) groups excluding carboxylic acids is 2. The number of nitrogens with two attached hydrogens (primary N) is 1. The fraction of sp³-hybridized carbons (Fsp3) is 0.333. The van der Waals surface area contributed by atoms with Crippen LogP contribution in [0.4, 0.5) is 0 Å². The first-order valence-electron chi connectivity index (χ1n) is 8.87. The molecule has 0 unspecified atom stereocenters. The zero-order valence-electron chi connectivity index (χ0n) is 15.7. The predicted octanol–water partition coefficient (Wildman–Crippen LogP) is 3.35. The van der Waals surface area contributed by atoms with Gasteiger partial charge in [0.2, 0.25) is 0 Å². The van der Waals surface area contributed by atoms with Gasteiger partial charge in [0.1, 0.15) is 5.75 Å². The van der Waals surface area contributed by atoms with Gasteiger partial charge in [0, 0.05) is 17.7 Å². The Hall–Kier alpha value is -2.37. The van der Waals surface area contributed by atoms with Gasteiger partial charge in [-0.05, 0) is 37.1 Å². The van der Waals surface area contributed by atoms with Gasteiger partial charge in [0.25, 0.3) is 5.91 Å². The number of rotatable bonds is 9. The lowest BCUT2D eigenvalue weighted by molar-refractivity contribution is -0.125. The van der Waals surface area contributed by atoms with E-state index >= 15 is 0 Å². The van der Waals surface area contributed by atoms with Crippen molar-refractivity contribution in [1.29, 1.82) is 0 Å². The minimum Gasteiger partial charge on any atom is -0.484 e. The van der Waals surface area contributed by atoms with Crippen LogP contribution in [0.3, 0.4) is 0 Å². The van der Waals surface area contributed by atoms with Crippen LogP contribution in [0.25, 0.3) is 0 Å². The third-order valence-electron chi connectivity index (χ3n) is 4.67. The number of ketones is 1. The molecule has 0 radical (unpaired) electrons. The fourth-order valence-corrected chi connectivity index (χ4v) is 2.71. The molecular weight excluding hydrogens is 364 g/mol. The fourth-order valence-electron chi connectivity index (χ4n) is 2.71. The second-order valence-electron chi connectivity index (χ2n) is 6.25. The Kier molecular flexibility index (Phi) is 8.98. The largest absolute Gasteiger partial charge is 0.484 e. The standard InChI is InChI=1S/C21H26N2O3.ClH/c1-3-21(4-2,15-22)23-19(24)14-26-18-12-10-17(11-13-18)20(25)16-8-6-5-7-9-16;/h5-13H,3-4,14-15,22H2,1-2H3,(H,23,24);1H. The van der Waals surface area contributed by atoms with Crippen LogP contribution in [0.1, 0.15) is 42.6 Å². The van der Waals surface area contributed by atoms with Crippen LogP contribution in [-0.4, -0.2) is 30.4 Å². The summed E-state index contributed by atoms with van der Waals surface area (Å²) in [6, 6.07) is 15.9. The smallest absolute Gasteiger partial charge is 0.258 e. The van der Waals surface area contributed by atoms with Crippen molar-refractivity contribution in [3.05, 3.63) is 65.7 Å². The highest BCUT2D eigenvalue weighted by molar-refractivity contribution is 6.08. The summed E-state index contributed by atoms with van der Waals surface area (Å²) in [4.78, 5) is 24.5. The zero-order valence-corrected chi connectivity index (χ0v) is 16.6. The van der Waals surface area contributed by atoms with Crippen LogP contribution < -0.4 is 15.8 Å². The summed E-state index contributed by atoms with van der Waals surface area (Å²) >= 11 is 0. The summed E-state index contributed by atoms with van der Waals surface area (Å²) < 4.78 is 5.52. The lowest BCUT2D eigenvalue weighted by Crippen LogP contribution is -2.54. The lowest BCUT2D eigenvalue weighted by Gasteiger charge is -2.31. The average molecular weight is 391 g/mol. The number of benzene rings is 2. The quantitative estimate of drug-likeness (QED) is 0.643. The maximum Gasteiger partial charge on any atom is 0.258 e. The summed E-state index contributed by atoms with van der Waals surface area (Å²) in [5.74, 6) is 0.285. The van der Waals surface area contributed by atoms with E-state index in [0.29, 0.717) is 23.4 Å². The molecular formula is C21H27ClN2O3. The third kappa shape index (κ3) is 6.08. The molecule has 0 aliphatic carbocycles. The Morgan fingerprint density at radius 3 is 2.04 bits per heavy atom. The Morgan fingerprint density at radius 1 is 0.963 bits per heavy atom. The normalized spacial score (nSPS) is 10.6. The van der Waals surface area contributed by atoms with Crippen LogP contribution in [0, 0.1) is 0 Å². The Morgan fingerprint density at radius 2 is 1.52 bits per heavy atom. The number of ether oxygens (including phenoxy) is 1. The summed E-state index contributed by atoms with van der Waals surface area (Å²) in [7, 11) is 0. The minimum absolute atomic E-state index is 0. The molecule has 27 heavy (non-hydrogen) atoms. The molecule has 0 saturated heterocycles. The van der Waals surface area contributed by atoms with E-state index in [1.165, 1.54) is 0 Å². The molecule has 0 aromatic heterocycles. The van der Waals surface area contributed by atoms with E-state index in [0.717, 1.165) is 12.8 Å². The van der Waals surface area contributed by atoms with Crippen molar-refractivity contribution in [2.24, 2.45) is 5.73 Å². The minimum atomic E-state index is -0.383. The molecule has 1 amide bonds. The van der Waals surface area contributed by atoms with Crippen LogP contribution in [-0.2, 0) is 4.79 Å². The third-order valence-corrected chi connectivity index (χ3v) is 4.67. The molecule has 5 nitrogen and oxygen atoms in total. The monoisotopic (exact) mass is 390 g/mol. The molecule has 3 N–H and O–H groups in total. The van der Waals surface area contributed by atoms with Gasteiger partial charge in [-0.2, -0.15) is 0 Å². The first-order chi connectivity index (χ1) is 12.5. The lowest BCUT2D eigenvalue weighted by atomic mass is 9.93. The van der Waals surface area contributed by atoms with Crippen molar-refractivity contribution in [2.45, 2.75) is 32.2 Å². The molecule has 0 atom stereocenters. The van der Waals surface area contributed by atoms with Gasteiger partial charge < -0.3 is 15.8 Å². The summed E-state index contributed by atoms with van der Waals surface area (Å²) in [6.45, 7) is 4.30. The number of halogens is 1. The first kappa shape index (κ1) is 22.7. The molecule has 2 aromatic rings. The van der Waals surface area contributed by atoms with Gasteiger partial charge >= 0.3 is 0 Å². The second-order valence-corrected chi connectivity index (χ2v) is 6.25. The van der Waals surface area contributed by atoms with Crippen molar-refractivity contribution in [2.75, 3.05) is 13.2 Å². The van der Waals surface area contributed by atoms with Gasteiger partial charge in [-0.25, -0.2) is 0 Å². The topological polar surface area (TPSA) is 81.4 Å². The second kappa shape index (κ2) is 10.7. The van der Waals surface area contributed by atoms with E-state index in [2.05, 4.69) is 5.32 Å². The number of amides is 1. The molecule has 0 aliphatic heterocycles. The molecule has 0 bridgehead atoms. The van der Waals surface area contributed by atoms with Crippen molar-refractivity contribution in [3.8, 4) is 5.75 Å². The molecule has 0 heterocycles. The maximum absolute atomic E-state index is 12.4. The van der Waals surface area contributed by atoms with Gasteiger partial charge in [0.15, 0.2) is 12.4 Å². The highest BCUT2D eigenvalue weighted by Crippen LogP contribution is 2.16. The average Bonchev–Trinajstić information content (AvgIpc) is 2.71. The van der Waals surface area contributed by atoms with Crippen LogP contribution in [0.2, 0.25) is 0 Å². The number of hydrogen-bond donors (Lipinski definition) is 2. The summed E-state index contributed by atoms with van der Waals surface area (Å²) in [5, 5.41) is 2.96. The van der Waals surface area contributed by atoms with Gasteiger partial charge in [-0.15, -0.1) is 12.4 Å². The number of carbonyl (C=O) groups is 2. The molecule has 146 valence electrons.